The highest BCUT2D eigenvalue weighted by atomic mass is 16.5. The van der Waals surface area contributed by atoms with E-state index in [1.165, 1.54) is 5.56 Å². The molecule has 128 valence electrons. The first kappa shape index (κ1) is 16.5. The number of phenolic OH excluding ortho intramolecular Hbond substituents is 2. The molecule has 1 aliphatic rings. The SMILES string of the molecule is COc1cc(CC2c3cc(OC)c(O)cc3CCN2C)ccc1O. The average Bonchev–Trinajstić information content (AvgIpc) is 2.58. The highest BCUT2D eigenvalue weighted by Crippen LogP contribution is 2.39. The Labute approximate surface area is 142 Å². The summed E-state index contributed by atoms with van der Waals surface area (Å²) >= 11 is 0. The minimum absolute atomic E-state index is 0.144. The van der Waals surface area contributed by atoms with Crippen molar-refractivity contribution in [3.05, 3.63) is 47.0 Å². The van der Waals surface area contributed by atoms with Gasteiger partial charge in [-0.3, -0.25) is 4.90 Å². The molecule has 1 unspecified atom stereocenters. The first-order valence-corrected chi connectivity index (χ1v) is 7.99. The van der Waals surface area contributed by atoms with Crippen LogP contribution in [0.2, 0.25) is 0 Å². The summed E-state index contributed by atoms with van der Waals surface area (Å²) in [5, 5.41) is 19.8. The number of likely N-dealkylation sites (N-methyl/N-ethyl adjacent to an activating group) is 1. The quantitative estimate of drug-likeness (QED) is 0.903. The van der Waals surface area contributed by atoms with Gasteiger partial charge in [0, 0.05) is 12.6 Å². The van der Waals surface area contributed by atoms with Gasteiger partial charge in [0.1, 0.15) is 0 Å². The number of benzene rings is 2. The van der Waals surface area contributed by atoms with Gasteiger partial charge in [0.2, 0.25) is 0 Å². The van der Waals surface area contributed by atoms with Crippen LogP contribution in [0.1, 0.15) is 22.7 Å². The first-order chi connectivity index (χ1) is 11.5. The van der Waals surface area contributed by atoms with Crippen LogP contribution in [-0.2, 0) is 12.8 Å². The van der Waals surface area contributed by atoms with E-state index in [1.807, 2.05) is 24.3 Å². The van der Waals surface area contributed by atoms with Crippen molar-refractivity contribution >= 4 is 0 Å². The molecule has 0 aliphatic carbocycles. The van der Waals surface area contributed by atoms with E-state index in [0.717, 1.165) is 30.5 Å². The van der Waals surface area contributed by atoms with Crippen molar-refractivity contribution in [2.75, 3.05) is 27.8 Å². The van der Waals surface area contributed by atoms with Gasteiger partial charge in [-0.05, 0) is 60.8 Å². The minimum Gasteiger partial charge on any atom is -0.504 e. The van der Waals surface area contributed by atoms with Gasteiger partial charge in [0.25, 0.3) is 0 Å². The molecule has 3 rings (SSSR count). The summed E-state index contributed by atoms with van der Waals surface area (Å²) in [6, 6.07) is 9.37. The minimum atomic E-state index is 0.144. The summed E-state index contributed by atoms with van der Waals surface area (Å²) in [4.78, 5) is 2.30. The van der Waals surface area contributed by atoms with Crippen molar-refractivity contribution in [1.29, 1.82) is 0 Å². The Morgan fingerprint density at radius 1 is 1.04 bits per heavy atom. The zero-order chi connectivity index (χ0) is 17.3. The van der Waals surface area contributed by atoms with E-state index in [0.29, 0.717) is 11.5 Å². The Hall–Kier alpha value is -2.40. The lowest BCUT2D eigenvalue weighted by Gasteiger charge is -2.35. The van der Waals surface area contributed by atoms with Crippen LogP contribution < -0.4 is 9.47 Å². The molecule has 1 aliphatic heterocycles. The zero-order valence-corrected chi connectivity index (χ0v) is 14.2. The van der Waals surface area contributed by atoms with Gasteiger partial charge in [-0.2, -0.15) is 0 Å². The summed E-state index contributed by atoms with van der Waals surface area (Å²) in [5.74, 6) is 1.31. The molecule has 0 saturated carbocycles. The van der Waals surface area contributed by atoms with E-state index in [9.17, 15) is 10.2 Å². The van der Waals surface area contributed by atoms with Gasteiger partial charge in [-0.25, -0.2) is 0 Å². The molecule has 0 aromatic heterocycles. The second-order valence-corrected chi connectivity index (χ2v) is 6.18. The summed E-state index contributed by atoms with van der Waals surface area (Å²) in [7, 11) is 5.22. The van der Waals surface area contributed by atoms with Crippen LogP contribution >= 0.6 is 0 Å². The molecule has 0 saturated heterocycles. The van der Waals surface area contributed by atoms with E-state index in [-0.39, 0.29) is 17.5 Å². The molecule has 2 aromatic carbocycles. The smallest absolute Gasteiger partial charge is 0.160 e. The number of hydrogen-bond donors (Lipinski definition) is 2. The third-order valence-electron chi connectivity index (χ3n) is 4.74. The number of rotatable bonds is 4. The van der Waals surface area contributed by atoms with Crippen molar-refractivity contribution in [2.45, 2.75) is 18.9 Å². The van der Waals surface area contributed by atoms with Crippen LogP contribution in [0.3, 0.4) is 0 Å². The normalized spacial score (nSPS) is 17.4. The molecule has 5 heteroatoms. The van der Waals surface area contributed by atoms with Crippen LogP contribution in [0, 0.1) is 0 Å². The molecule has 1 heterocycles. The maximum absolute atomic E-state index is 10.0. The highest BCUT2D eigenvalue weighted by Gasteiger charge is 2.27. The lowest BCUT2D eigenvalue weighted by Crippen LogP contribution is -2.33. The van der Waals surface area contributed by atoms with Crippen molar-refractivity contribution in [3.8, 4) is 23.0 Å². The molecule has 2 aromatic rings. The molecule has 24 heavy (non-hydrogen) atoms. The third-order valence-corrected chi connectivity index (χ3v) is 4.74. The number of aromatic hydroxyl groups is 2. The molecule has 1 atom stereocenters. The van der Waals surface area contributed by atoms with Crippen molar-refractivity contribution in [1.82, 2.24) is 4.90 Å². The van der Waals surface area contributed by atoms with Gasteiger partial charge in [0.15, 0.2) is 23.0 Å². The fourth-order valence-corrected chi connectivity index (χ4v) is 3.35. The Balaban J connectivity index is 1.96. The third kappa shape index (κ3) is 2.99. The van der Waals surface area contributed by atoms with Crippen LogP contribution in [0.15, 0.2) is 30.3 Å². The van der Waals surface area contributed by atoms with Crippen LogP contribution in [0.4, 0.5) is 0 Å². The van der Waals surface area contributed by atoms with Gasteiger partial charge in [-0.1, -0.05) is 6.07 Å². The van der Waals surface area contributed by atoms with Gasteiger partial charge >= 0.3 is 0 Å². The lowest BCUT2D eigenvalue weighted by atomic mass is 9.88. The maximum atomic E-state index is 10.0. The van der Waals surface area contributed by atoms with E-state index < -0.39 is 0 Å². The summed E-state index contributed by atoms with van der Waals surface area (Å²) < 4.78 is 10.5. The molecule has 2 N–H and O–H groups in total. The number of nitrogens with zero attached hydrogens (tertiary/aromatic N) is 1. The first-order valence-electron chi connectivity index (χ1n) is 7.99. The number of methoxy groups -OCH3 is 2. The number of ether oxygens (including phenoxy) is 2. The van der Waals surface area contributed by atoms with E-state index in [1.54, 1.807) is 20.3 Å². The van der Waals surface area contributed by atoms with Crippen LogP contribution in [0.25, 0.3) is 0 Å². The largest absolute Gasteiger partial charge is 0.504 e. The van der Waals surface area contributed by atoms with Gasteiger partial charge in [-0.15, -0.1) is 0 Å². The molecule has 0 bridgehead atoms. The van der Waals surface area contributed by atoms with Crippen molar-refractivity contribution < 1.29 is 19.7 Å². The van der Waals surface area contributed by atoms with Crippen molar-refractivity contribution in [2.24, 2.45) is 0 Å². The lowest BCUT2D eigenvalue weighted by molar-refractivity contribution is 0.228. The highest BCUT2D eigenvalue weighted by molar-refractivity contribution is 5.49. The average molecular weight is 329 g/mol. The van der Waals surface area contributed by atoms with Crippen LogP contribution in [0.5, 0.6) is 23.0 Å². The summed E-state index contributed by atoms with van der Waals surface area (Å²) in [6.07, 6.45) is 1.69. The number of fused-ring (bicyclic) bond motifs is 1. The molecule has 5 nitrogen and oxygen atoms in total. The van der Waals surface area contributed by atoms with E-state index in [2.05, 4.69) is 11.9 Å². The fourth-order valence-electron chi connectivity index (χ4n) is 3.35. The Morgan fingerprint density at radius 3 is 2.46 bits per heavy atom. The summed E-state index contributed by atoms with van der Waals surface area (Å²) in [5.41, 5.74) is 3.41. The standard InChI is InChI=1S/C19H23NO4/c1-20-7-6-13-10-17(22)19(24-3)11-14(13)15(20)8-12-4-5-16(21)18(9-12)23-2/h4-5,9-11,15,21-22H,6-8H2,1-3H3. The molecule has 0 fully saturated rings. The molecular formula is C19H23NO4. The Kier molecular flexibility index (Phi) is 4.53. The maximum Gasteiger partial charge on any atom is 0.160 e. The molecule has 0 spiro atoms. The van der Waals surface area contributed by atoms with Gasteiger partial charge in [0.05, 0.1) is 14.2 Å². The summed E-state index contributed by atoms with van der Waals surface area (Å²) in [6.45, 7) is 0.929. The Bertz CT molecular complexity index is 744. The molecular weight excluding hydrogens is 306 g/mol. The second kappa shape index (κ2) is 6.61. The molecule has 0 radical (unpaired) electrons. The number of hydrogen-bond acceptors (Lipinski definition) is 5. The topological polar surface area (TPSA) is 62.2 Å². The Morgan fingerprint density at radius 2 is 1.75 bits per heavy atom. The predicted octanol–water partition coefficient (Wildman–Crippen LogP) is 2.89. The van der Waals surface area contributed by atoms with E-state index in [4.69, 9.17) is 9.47 Å². The zero-order valence-electron chi connectivity index (χ0n) is 14.2. The van der Waals surface area contributed by atoms with Crippen molar-refractivity contribution in [3.63, 3.8) is 0 Å². The second-order valence-electron chi connectivity index (χ2n) is 6.18. The van der Waals surface area contributed by atoms with Crippen LogP contribution in [-0.4, -0.2) is 42.9 Å². The predicted molar refractivity (Wildman–Crippen MR) is 92.1 cm³/mol. The monoisotopic (exact) mass is 329 g/mol. The van der Waals surface area contributed by atoms with E-state index >= 15 is 0 Å². The number of phenols is 2. The van der Waals surface area contributed by atoms with Gasteiger partial charge < -0.3 is 19.7 Å². The fraction of sp³-hybridized carbons (Fsp3) is 0.368. The molecule has 0 amide bonds.